The van der Waals surface area contributed by atoms with Gasteiger partial charge in [0.05, 0.1) is 6.33 Å². The van der Waals surface area contributed by atoms with E-state index in [2.05, 4.69) is 25.3 Å². The van der Waals surface area contributed by atoms with Gasteiger partial charge in [-0.05, 0) is 30.5 Å². The first-order valence-electron chi connectivity index (χ1n) is 9.18. The molecule has 0 spiro atoms. The molecule has 8 nitrogen and oxygen atoms in total. The van der Waals surface area contributed by atoms with Gasteiger partial charge >= 0.3 is 0 Å². The SMILES string of the molecule is Nc1nc(OCc2ccc(NC(=O)C3CCCCC3)cc2)c2nc[nH]c2n1. The van der Waals surface area contributed by atoms with Crippen molar-refractivity contribution in [2.24, 2.45) is 5.92 Å². The van der Waals surface area contributed by atoms with Crippen molar-refractivity contribution in [1.82, 2.24) is 19.9 Å². The first kappa shape index (κ1) is 17.3. The number of hydrogen-bond donors (Lipinski definition) is 3. The Morgan fingerprint density at radius 2 is 1.96 bits per heavy atom. The largest absolute Gasteiger partial charge is 0.471 e. The van der Waals surface area contributed by atoms with Crippen molar-refractivity contribution in [3.63, 3.8) is 0 Å². The van der Waals surface area contributed by atoms with Gasteiger partial charge in [0.15, 0.2) is 11.2 Å². The first-order valence-corrected chi connectivity index (χ1v) is 9.18. The Hall–Kier alpha value is -3.16. The van der Waals surface area contributed by atoms with Crippen LogP contribution in [-0.4, -0.2) is 25.8 Å². The number of carbonyl (C=O) groups is 1. The predicted octanol–water partition coefficient (Wildman–Crippen LogP) is 3.03. The average molecular weight is 366 g/mol. The number of imidazole rings is 1. The normalized spacial score (nSPS) is 15.0. The number of nitrogens with two attached hydrogens (primary N) is 1. The van der Waals surface area contributed by atoms with Gasteiger partial charge < -0.3 is 20.8 Å². The highest BCUT2D eigenvalue weighted by Gasteiger charge is 2.21. The van der Waals surface area contributed by atoms with E-state index in [1.165, 1.54) is 12.7 Å². The molecule has 1 aliphatic rings. The standard InChI is InChI=1S/C19H22N6O2/c20-19-24-16-15(21-11-22-16)18(25-19)27-10-12-6-8-14(9-7-12)23-17(26)13-4-2-1-3-5-13/h6-9,11,13H,1-5,10H2,(H,23,26)(H3,20,21,22,24,25). The molecule has 3 aromatic rings. The van der Waals surface area contributed by atoms with E-state index in [-0.39, 0.29) is 17.8 Å². The lowest BCUT2D eigenvalue weighted by Gasteiger charge is -2.20. The molecule has 2 heterocycles. The van der Waals surface area contributed by atoms with Crippen LogP contribution < -0.4 is 15.8 Å². The minimum atomic E-state index is 0.121. The average Bonchev–Trinajstić information content (AvgIpc) is 3.16. The van der Waals surface area contributed by atoms with E-state index in [0.717, 1.165) is 36.9 Å². The second-order valence-corrected chi connectivity index (χ2v) is 6.80. The highest BCUT2D eigenvalue weighted by molar-refractivity contribution is 5.92. The maximum absolute atomic E-state index is 12.3. The fourth-order valence-electron chi connectivity index (χ4n) is 3.37. The van der Waals surface area contributed by atoms with Crippen LogP contribution in [0.5, 0.6) is 5.88 Å². The highest BCUT2D eigenvalue weighted by Crippen LogP contribution is 2.25. The minimum absolute atomic E-state index is 0.121. The van der Waals surface area contributed by atoms with Gasteiger partial charge in [0.1, 0.15) is 6.61 Å². The molecule has 4 N–H and O–H groups in total. The van der Waals surface area contributed by atoms with E-state index >= 15 is 0 Å². The molecule has 0 bridgehead atoms. The summed E-state index contributed by atoms with van der Waals surface area (Å²) in [5.74, 6) is 0.730. The van der Waals surface area contributed by atoms with Crippen molar-refractivity contribution in [2.45, 2.75) is 38.7 Å². The van der Waals surface area contributed by atoms with Crippen LogP contribution in [0.4, 0.5) is 11.6 Å². The van der Waals surface area contributed by atoms with Crippen molar-refractivity contribution in [3.05, 3.63) is 36.2 Å². The fourth-order valence-corrected chi connectivity index (χ4v) is 3.37. The lowest BCUT2D eigenvalue weighted by Crippen LogP contribution is -2.24. The Morgan fingerprint density at radius 3 is 2.74 bits per heavy atom. The van der Waals surface area contributed by atoms with E-state index in [0.29, 0.717) is 23.7 Å². The van der Waals surface area contributed by atoms with Gasteiger partial charge in [0, 0.05) is 11.6 Å². The van der Waals surface area contributed by atoms with E-state index < -0.39 is 0 Å². The van der Waals surface area contributed by atoms with Gasteiger partial charge in [0.25, 0.3) is 0 Å². The van der Waals surface area contributed by atoms with Crippen LogP contribution in [-0.2, 0) is 11.4 Å². The summed E-state index contributed by atoms with van der Waals surface area (Å²) in [4.78, 5) is 27.5. The Balaban J connectivity index is 1.37. The lowest BCUT2D eigenvalue weighted by molar-refractivity contribution is -0.120. The van der Waals surface area contributed by atoms with Crippen LogP contribution >= 0.6 is 0 Å². The third kappa shape index (κ3) is 3.99. The van der Waals surface area contributed by atoms with E-state index in [4.69, 9.17) is 10.5 Å². The van der Waals surface area contributed by atoms with Gasteiger partial charge in [-0.2, -0.15) is 9.97 Å². The number of rotatable bonds is 5. The maximum atomic E-state index is 12.3. The zero-order chi connectivity index (χ0) is 18.6. The van der Waals surface area contributed by atoms with Crippen LogP contribution in [0.3, 0.4) is 0 Å². The summed E-state index contributed by atoms with van der Waals surface area (Å²) >= 11 is 0. The number of nitrogens with zero attached hydrogens (tertiary/aromatic N) is 3. The number of aromatic amines is 1. The molecule has 0 saturated heterocycles. The van der Waals surface area contributed by atoms with Crippen LogP contribution in [0, 0.1) is 5.92 Å². The van der Waals surface area contributed by atoms with Gasteiger partial charge in [-0.1, -0.05) is 31.4 Å². The van der Waals surface area contributed by atoms with Gasteiger partial charge in [-0.3, -0.25) is 4.79 Å². The van der Waals surface area contributed by atoms with Crippen LogP contribution in [0.2, 0.25) is 0 Å². The summed E-state index contributed by atoms with van der Waals surface area (Å²) in [6.07, 6.45) is 7.02. The first-order chi connectivity index (χ1) is 13.2. The second-order valence-electron chi connectivity index (χ2n) is 6.80. The Kier molecular flexibility index (Phi) is 4.86. The topological polar surface area (TPSA) is 119 Å². The van der Waals surface area contributed by atoms with Gasteiger partial charge in [0.2, 0.25) is 17.7 Å². The molecule has 0 unspecified atom stereocenters. The third-order valence-corrected chi connectivity index (χ3v) is 4.84. The number of nitrogens with one attached hydrogen (secondary N) is 2. The molecule has 140 valence electrons. The molecule has 1 saturated carbocycles. The smallest absolute Gasteiger partial charge is 0.247 e. The minimum Gasteiger partial charge on any atom is -0.471 e. The molecule has 27 heavy (non-hydrogen) atoms. The van der Waals surface area contributed by atoms with E-state index in [9.17, 15) is 4.79 Å². The highest BCUT2D eigenvalue weighted by atomic mass is 16.5. The Labute approximate surface area is 156 Å². The molecule has 4 rings (SSSR count). The molecule has 0 aliphatic heterocycles. The number of fused-ring (bicyclic) bond motifs is 1. The molecule has 0 radical (unpaired) electrons. The lowest BCUT2D eigenvalue weighted by atomic mass is 9.88. The van der Waals surface area contributed by atoms with Gasteiger partial charge in [-0.15, -0.1) is 0 Å². The van der Waals surface area contributed by atoms with Crippen molar-refractivity contribution in [1.29, 1.82) is 0 Å². The van der Waals surface area contributed by atoms with Crippen molar-refractivity contribution >= 4 is 28.7 Å². The summed E-state index contributed by atoms with van der Waals surface area (Å²) in [6.45, 7) is 0.315. The number of amides is 1. The predicted molar refractivity (Wildman–Crippen MR) is 102 cm³/mol. The van der Waals surface area contributed by atoms with Crippen molar-refractivity contribution < 1.29 is 9.53 Å². The summed E-state index contributed by atoms with van der Waals surface area (Å²) in [5, 5.41) is 3.01. The number of H-pyrrole nitrogens is 1. The number of hydrogen-bond acceptors (Lipinski definition) is 6. The monoisotopic (exact) mass is 366 g/mol. The quantitative estimate of drug-likeness (QED) is 0.638. The molecule has 1 aliphatic carbocycles. The van der Waals surface area contributed by atoms with Crippen LogP contribution in [0.1, 0.15) is 37.7 Å². The zero-order valence-electron chi connectivity index (χ0n) is 14.9. The molecular weight excluding hydrogens is 344 g/mol. The molecule has 0 atom stereocenters. The number of carbonyl (C=O) groups excluding carboxylic acids is 1. The van der Waals surface area contributed by atoms with Crippen molar-refractivity contribution in [2.75, 3.05) is 11.1 Å². The summed E-state index contributed by atoms with van der Waals surface area (Å²) in [5.41, 5.74) is 8.52. The summed E-state index contributed by atoms with van der Waals surface area (Å²) < 4.78 is 5.76. The number of anilines is 2. The second kappa shape index (κ2) is 7.61. The Bertz CT molecular complexity index is 931. The molecule has 1 amide bonds. The molecule has 1 aromatic carbocycles. The maximum Gasteiger partial charge on any atom is 0.247 e. The summed E-state index contributed by atoms with van der Waals surface area (Å²) in [7, 11) is 0. The molecule has 8 heteroatoms. The number of benzene rings is 1. The number of aromatic nitrogens is 4. The summed E-state index contributed by atoms with van der Waals surface area (Å²) in [6, 6.07) is 7.61. The molecule has 1 fully saturated rings. The van der Waals surface area contributed by atoms with Crippen molar-refractivity contribution in [3.8, 4) is 5.88 Å². The Morgan fingerprint density at radius 1 is 1.19 bits per heavy atom. The van der Waals surface area contributed by atoms with E-state index in [1.807, 2.05) is 24.3 Å². The molecular formula is C19H22N6O2. The van der Waals surface area contributed by atoms with Gasteiger partial charge in [-0.25, -0.2) is 4.98 Å². The third-order valence-electron chi connectivity index (χ3n) is 4.84. The van der Waals surface area contributed by atoms with Crippen LogP contribution in [0.25, 0.3) is 11.2 Å². The van der Waals surface area contributed by atoms with Crippen LogP contribution in [0.15, 0.2) is 30.6 Å². The molecule has 2 aromatic heterocycles. The van der Waals surface area contributed by atoms with E-state index in [1.54, 1.807) is 0 Å². The number of nitrogen functional groups attached to an aromatic ring is 1. The zero-order valence-corrected chi connectivity index (χ0v) is 14.9. The fraction of sp³-hybridized carbons (Fsp3) is 0.368. The number of ether oxygens (including phenoxy) is 1.